The molecule has 2 aromatic carbocycles. The number of nitrogens with one attached hydrogen (secondary N) is 1. The van der Waals surface area contributed by atoms with Crippen molar-refractivity contribution < 1.29 is 9.18 Å². The number of hydrogen-bond donors (Lipinski definition) is 1. The first kappa shape index (κ1) is 15.0. The fraction of sp³-hybridized carbons (Fsp3) is 0.118. The van der Waals surface area contributed by atoms with Crippen LogP contribution in [-0.2, 0) is 0 Å². The Labute approximate surface area is 136 Å². The Morgan fingerprint density at radius 3 is 2.55 bits per heavy atom. The Morgan fingerprint density at radius 2 is 1.86 bits per heavy atom. The third-order valence-electron chi connectivity index (χ3n) is 3.52. The maximum Gasteiger partial charge on any atom is 0.267 e. The summed E-state index contributed by atoms with van der Waals surface area (Å²) in [4.78, 5) is 12.9. The number of carbonyl (C=O) groups excluding carboxylic acids is 1. The molecule has 112 valence electrons. The van der Waals surface area contributed by atoms with Crippen LogP contribution >= 0.6 is 22.9 Å². The van der Waals surface area contributed by atoms with Crippen molar-refractivity contribution in [3.05, 3.63) is 63.2 Å². The molecule has 5 heteroatoms. The summed E-state index contributed by atoms with van der Waals surface area (Å²) in [6, 6.07) is 10.1. The Bertz CT molecular complexity index is 867. The minimum atomic E-state index is -0.341. The van der Waals surface area contributed by atoms with E-state index < -0.39 is 0 Å². The molecule has 0 saturated carbocycles. The van der Waals surface area contributed by atoms with E-state index in [0.717, 1.165) is 16.8 Å². The van der Waals surface area contributed by atoms with Crippen LogP contribution in [0.5, 0.6) is 0 Å². The molecule has 0 aliphatic carbocycles. The van der Waals surface area contributed by atoms with E-state index in [4.69, 9.17) is 11.6 Å². The van der Waals surface area contributed by atoms with Gasteiger partial charge in [-0.25, -0.2) is 4.39 Å². The van der Waals surface area contributed by atoms with Crippen LogP contribution in [-0.4, -0.2) is 5.91 Å². The van der Waals surface area contributed by atoms with Gasteiger partial charge < -0.3 is 5.32 Å². The van der Waals surface area contributed by atoms with Crippen LogP contribution in [0, 0.1) is 19.7 Å². The molecular weight excluding hydrogens is 321 g/mol. The highest BCUT2D eigenvalue weighted by molar-refractivity contribution is 7.21. The van der Waals surface area contributed by atoms with Gasteiger partial charge in [-0.05, 0) is 43.2 Å². The average Bonchev–Trinajstić information content (AvgIpc) is 2.79. The third kappa shape index (κ3) is 2.60. The van der Waals surface area contributed by atoms with Crippen LogP contribution in [0.3, 0.4) is 0 Å². The number of aryl methyl sites for hydroxylation is 2. The van der Waals surface area contributed by atoms with E-state index >= 15 is 0 Å². The number of hydrogen-bond acceptors (Lipinski definition) is 2. The predicted molar refractivity (Wildman–Crippen MR) is 90.7 cm³/mol. The van der Waals surface area contributed by atoms with Gasteiger partial charge in [0.2, 0.25) is 0 Å². The zero-order valence-electron chi connectivity index (χ0n) is 12.0. The van der Waals surface area contributed by atoms with Crippen molar-refractivity contribution in [1.29, 1.82) is 0 Å². The van der Waals surface area contributed by atoms with Crippen LogP contribution in [0.1, 0.15) is 20.8 Å². The lowest BCUT2D eigenvalue weighted by Crippen LogP contribution is -2.12. The van der Waals surface area contributed by atoms with Gasteiger partial charge in [0.05, 0.1) is 5.02 Å². The highest BCUT2D eigenvalue weighted by Gasteiger charge is 2.18. The second kappa shape index (κ2) is 5.71. The lowest BCUT2D eigenvalue weighted by atomic mass is 10.1. The smallest absolute Gasteiger partial charge is 0.267 e. The van der Waals surface area contributed by atoms with Crippen LogP contribution in [0.15, 0.2) is 36.4 Å². The van der Waals surface area contributed by atoms with Crippen molar-refractivity contribution in [2.24, 2.45) is 0 Å². The van der Waals surface area contributed by atoms with E-state index in [1.807, 2.05) is 32.0 Å². The summed E-state index contributed by atoms with van der Waals surface area (Å²) in [6.07, 6.45) is 0. The fourth-order valence-electron chi connectivity index (χ4n) is 2.37. The Hall–Kier alpha value is -1.91. The maximum absolute atomic E-state index is 13.3. The van der Waals surface area contributed by atoms with Gasteiger partial charge in [-0.2, -0.15) is 0 Å². The Kier molecular flexibility index (Phi) is 3.89. The standard InChI is InChI=1S/C17H13ClFNOS/c1-9-4-3-5-10(2)15(9)20-17(21)16-14(18)12-7-6-11(19)8-13(12)22-16/h3-8H,1-2H3,(H,20,21). The molecular formula is C17H13ClFNOS. The lowest BCUT2D eigenvalue weighted by Gasteiger charge is -2.10. The van der Waals surface area contributed by atoms with Gasteiger partial charge >= 0.3 is 0 Å². The zero-order valence-corrected chi connectivity index (χ0v) is 13.6. The SMILES string of the molecule is Cc1cccc(C)c1NC(=O)c1sc2cc(F)ccc2c1Cl. The van der Waals surface area contributed by atoms with E-state index in [1.54, 1.807) is 6.07 Å². The molecule has 0 bridgehead atoms. The van der Waals surface area contributed by atoms with Crippen LogP contribution in [0.25, 0.3) is 10.1 Å². The lowest BCUT2D eigenvalue weighted by molar-refractivity contribution is 0.103. The molecule has 0 radical (unpaired) electrons. The van der Waals surface area contributed by atoms with Crippen molar-refractivity contribution in [3.63, 3.8) is 0 Å². The molecule has 0 unspecified atom stereocenters. The highest BCUT2D eigenvalue weighted by atomic mass is 35.5. The molecule has 0 spiro atoms. The number of rotatable bonds is 2. The number of benzene rings is 2. The summed E-state index contributed by atoms with van der Waals surface area (Å²) < 4.78 is 14.0. The van der Waals surface area contributed by atoms with Crippen molar-refractivity contribution >= 4 is 44.6 Å². The molecule has 0 saturated heterocycles. The largest absolute Gasteiger partial charge is 0.321 e. The highest BCUT2D eigenvalue weighted by Crippen LogP contribution is 2.36. The molecule has 1 N–H and O–H groups in total. The summed E-state index contributed by atoms with van der Waals surface area (Å²) in [5, 5.41) is 3.96. The Balaban J connectivity index is 2.01. The number of carbonyl (C=O) groups is 1. The first-order valence-electron chi connectivity index (χ1n) is 6.72. The summed E-state index contributed by atoms with van der Waals surface area (Å²) in [7, 11) is 0. The molecule has 0 aliphatic heterocycles. The number of thiophene rings is 1. The van der Waals surface area contributed by atoms with Crippen LogP contribution in [0.2, 0.25) is 5.02 Å². The number of amides is 1. The number of fused-ring (bicyclic) bond motifs is 1. The van der Waals surface area contributed by atoms with Gasteiger partial charge in [-0.15, -0.1) is 11.3 Å². The zero-order chi connectivity index (χ0) is 15.9. The number of anilines is 1. The normalized spacial score (nSPS) is 10.9. The molecule has 2 nitrogen and oxygen atoms in total. The van der Waals surface area contributed by atoms with Crippen LogP contribution < -0.4 is 5.32 Å². The van der Waals surface area contributed by atoms with E-state index in [9.17, 15) is 9.18 Å². The van der Waals surface area contributed by atoms with E-state index in [1.165, 1.54) is 23.5 Å². The predicted octanol–water partition coefficient (Wildman–Crippen LogP) is 5.56. The molecule has 1 aromatic heterocycles. The number of halogens is 2. The summed E-state index contributed by atoms with van der Waals surface area (Å²) in [6.45, 7) is 3.87. The summed E-state index contributed by atoms with van der Waals surface area (Å²) in [5.74, 6) is -0.615. The quantitative estimate of drug-likeness (QED) is 0.653. The van der Waals surface area contributed by atoms with Crippen LogP contribution in [0.4, 0.5) is 10.1 Å². The van der Waals surface area contributed by atoms with Gasteiger partial charge in [0, 0.05) is 15.8 Å². The maximum atomic E-state index is 13.3. The molecule has 22 heavy (non-hydrogen) atoms. The third-order valence-corrected chi connectivity index (χ3v) is 5.17. The van der Waals surface area contributed by atoms with Crippen molar-refractivity contribution in [2.75, 3.05) is 5.32 Å². The van der Waals surface area contributed by atoms with E-state index in [-0.39, 0.29) is 11.7 Å². The number of para-hydroxylation sites is 1. The first-order valence-corrected chi connectivity index (χ1v) is 7.92. The van der Waals surface area contributed by atoms with Gasteiger partial charge in [0.1, 0.15) is 10.7 Å². The average molecular weight is 334 g/mol. The second-order valence-corrected chi connectivity index (χ2v) is 6.54. The molecule has 1 amide bonds. The topological polar surface area (TPSA) is 29.1 Å². The van der Waals surface area contributed by atoms with Gasteiger partial charge in [-0.1, -0.05) is 29.8 Å². The van der Waals surface area contributed by atoms with E-state index in [0.29, 0.717) is 20.0 Å². The van der Waals surface area contributed by atoms with Gasteiger partial charge in [0.25, 0.3) is 5.91 Å². The van der Waals surface area contributed by atoms with Gasteiger partial charge in [0.15, 0.2) is 0 Å². The van der Waals surface area contributed by atoms with Gasteiger partial charge in [-0.3, -0.25) is 4.79 Å². The van der Waals surface area contributed by atoms with E-state index in [2.05, 4.69) is 5.32 Å². The van der Waals surface area contributed by atoms with Crippen molar-refractivity contribution in [3.8, 4) is 0 Å². The fourth-order valence-corrected chi connectivity index (χ4v) is 3.80. The summed E-state index contributed by atoms with van der Waals surface area (Å²) in [5.41, 5.74) is 2.75. The Morgan fingerprint density at radius 1 is 1.18 bits per heavy atom. The minimum Gasteiger partial charge on any atom is -0.321 e. The molecule has 0 aliphatic rings. The molecule has 0 fully saturated rings. The second-order valence-electron chi connectivity index (χ2n) is 5.11. The van der Waals surface area contributed by atoms with Crippen molar-refractivity contribution in [2.45, 2.75) is 13.8 Å². The summed E-state index contributed by atoms with van der Waals surface area (Å²) >= 11 is 7.47. The monoisotopic (exact) mass is 333 g/mol. The first-order chi connectivity index (χ1) is 10.5. The molecule has 3 rings (SSSR count). The molecule has 3 aromatic rings. The molecule has 0 atom stereocenters. The van der Waals surface area contributed by atoms with Crippen molar-refractivity contribution in [1.82, 2.24) is 0 Å². The minimum absolute atomic E-state index is 0.274. The molecule has 1 heterocycles.